The van der Waals surface area contributed by atoms with Crippen LogP contribution in [0.3, 0.4) is 0 Å². The first-order chi connectivity index (χ1) is 10.1. The van der Waals surface area contributed by atoms with Crippen molar-refractivity contribution in [3.05, 3.63) is 45.6 Å². The van der Waals surface area contributed by atoms with E-state index in [4.69, 9.17) is 14.6 Å². The molecule has 0 unspecified atom stereocenters. The third kappa shape index (κ3) is 3.96. The van der Waals surface area contributed by atoms with E-state index in [1.54, 1.807) is 20.3 Å². The Labute approximate surface area is 127 Å². The van der Waals surface area contributed by atoms with Crippen LogP contribution in [0.4, 0.5) is 0 Å². The normalized spacial score (nSPS) is 10.4. The molecule has 6 heteroatoms. The molecule has 0 bridgehead atoms. The third-order valence-corrected chi connectivity index (χ3v) is 4.05. The van der Waals surface area contributed by atoms with Crippen LogP contribution in [0.15, 0.2) is 30.3 Å². The van der Waals surface area contributed by atoms with Gasteiger partial charge in [-0.1, -0.05) is 6.07 Å². The molecule has 5 nitrogen and oxygen atoms in total. The number of ether oxygens (including phenoxy) is 2. The number of carboxylic acids is 1. The van der Waals surface area contributed by atoms with Gasteiger partial charge in [-0.15, -0.1) is 11.3 Å². The molecule has 0 aliphatic carbocycles. The highest BCUT2D eigenvalue weighted by Gasteiger charge is 2.08. The van der Waals surface area contributed by atoms with Crippen molar-refractivity contribution in [3.63, 3.8) is 0 Å². The van der Waals surface area contributed by atoms with E-state index in [1.807, 2.05) is 24.3 Å². The average molecular weight is 307 g/mol. The molecule has 0 aliphatic rings. The number of carboxylic acid groups (broad SMARTS) is 1. The summed E-state index contributed by atoms with van der Waals surface area (Å²) in [5.41, 5.74) is 1.02. The molecule has 0 radical (unpaired) electrons. The Balaban J connectivity index is 1.94. The van der Waals surface area contributed by atoms with Gasteiger partial charge in [0.2, 0.25) is 0 Å². The van der Waals surface area contributed by atoms with Crippen molar-refractivity contribution in [3.8, 4) is 11.5 Å². The van der Waals surface area contributed by atoms with E-state index in [-0.39, 0.29) is 0 Å². The van der Waals surface area contributed by atoms with Crippen molar-refractivity contribution in [2.24, 2.45) is 0 Å². The van der Waals surface area contributed by atoms with Crippen LogP contribution < -0.4 is 14.8 Å². The molecule has 0 saturated heterocycles. The second-order valence-corrected chi connectivity index (χ2v) is 5.52. The second kappa shape index (κ2) is 7.10. The molecule has 0 spiro atoms. The monoisotopic (exact) mass is 307 g/mol. The third-order valence-electron chi connectivity index (χ3n) is 2.98. The molecular weight excluding hydrogens is 290 g/mol. The maximum atomic E-state index is 10.8. The van der Waals surface area contributed by atoms with Gasteiger partial charge >= 0.3 is 5.97 Å². The molecule has 0 fully saturated rings. The summed E-state index contributed by atoms with van der Waals surface area (Å²) in [5.74, 6) is 0.627. The van der Waals surface area contributed by atoms with Crippen LogP contribution in [0.1, 0.15) is 20.1 Å². The summed E-state index contributed by atoms with van der Waals surface area (Å²) in [4.78, 5) is 12.2. The number of thiophene rings is 1. The molecule has 112 valence electrons. The minimum absolute atomic E-state index is 0.355. The Hall–Kier alpha value is -2.05. The molecule has 0 atom stereocenters. The zero-order valence-electron chi connectivity index (χ0n) is 11.9. The van der Waals surface area contributed by atoms with E-state index in [9.17, 15) is 4.79 Å². The van der Waals surface area contributed by atoms with Gasteiger partial charge in [0.1, 0.15) is 16.4 Å². The predicted molar refractivity (Wildman–Crippen MR) is 81.4 cm³/mol. The number of hydrogen-bond donors (Lipinski definition) is 2. The van der Waals surface area contributed by atoms with Gasteiger partial charge in [-0.3, -0.25) is 0 Å². The number of methoxy groups -OCH3 is 2. The van der Waals surface area contributed by atoms with Gasteiger partial charge < -0.3 is 19.9 Å². The Morgan fingerprint density at radius 2 is 2.00 bits per heavy atom. The fraction of sp³-hybridized carbons (Fsp3) is 0.267. The highest BCUT2D eigenvalue weighted by molar-refractivity contribution is 7.13. The van der Waals surface area contributed by atoms with Crippen LogP contribution in [0.5, 0.6) is 11.5 Å². The lowest BCUT2D eigenvalue weighted by molar-refractivity contribution is 0.0702. The minimum atomic E-state index is -0.886. The van der Waals surface area contributed by atoms with Crippen molar-refractivity contribution in [2.45, 2.75) is 13.1 Å². The highest BCUT2D eigenvalue weighted by atomic mass is 32.1. The smallest absolute Gasteiger partial charge is 0.345 e. The number of benzene rings is 1. The zero-order valence-corrected chi connectivity index (χ0v) is 12.7. The molecule has 0 amide bonds. The molecule has 2 rings (SSSR count). The Morgan fingerprint density at radius 3 is 2.62 bits per heavy atom. The summed E-state index contributed by atoms with van der Waals surface area (Å²) >= 11 is 1.28. The zero-order chi connectivity index (χ0) is 15.2. The summed E-state index contributed by atoms with van der Waals surface area (Å²) in [7, 11) is 3.24. The van der Waals surface area contributed by atoms with Gasteiger partial charge in [0.25, 0.3) is 0 Å². The molecular formula is C15H17NO4S. The summed E-state index contributed by atoms with van der Waals surface area (Å²) in [6.07, 6.45) is 0. The maximum absolute atomic E-state index is 10.8. The SMILES string of the molecule is COc1ccc(CNCc2ccc(C(=O)O)s2)c(OC)c1. The van der Waals surface area contributed by atoms with Gasteiger partial charge in [0, 0.05) is 29.6 Å². The lowest BCUT2D eigenvalue weighted by Crippen LogP contribution is -2.12. The van der Waals surface area contributed by atoms with E-state index in [1.165, 1.54) is 11.3 Å². The minimum Gasteiger partial charge on any atom is -0.497 e. The lowest BCUT2D eigenvalue weighted by Gasteiger charge is -2.10. The summed E-state index contributed by atoms with van der Waals surface area (Å²) in [6.45, 7) is 1.25. The van der Waals surface area contributed by atoms with E-state index in [0.717, 1.165) is 21.9 Å². The van der Waals surface area contributed by atoms with Crippen molar-refractivity contribution in [2.75, 3.05) is 14.2 Å². The van der Waals surface area contributed by atoms with Gasteiger partial charge in [0.05, 0.1) is 14.2 Å². The second-order valence-electron chi connectivity index (χ2n) is 4.35. The van der Waals surface area contributed by atoms with Crippen LogP contribution in [0.25, 0.3) is 0 Å². The number of aromatic carboxylic acids is 1. The van der Waals surface area contributed by atoms with Crippen LogP contribution in [0, 0.1) is 0 Å². The highest BCUT2D eigenvalue weighted by Crippen LogP contribution is 2.24. The van der Waals surface area contributed by atoms with Crippen LogP contribution in [0.2, 0.25) is 0 Å². The fourth-order valence-electron chi connectivity index (χ4n) is 1.91. The standard InChI is InChI=1S/C15H17NO4S/c1-19-11-4-3-10(13(7-11)20-2)8-16-9-12-5-6-14(21-12)15(17)18/h3-7,16H,8-9H2,1-2H3,(H,17,18). The van der Waals surface area contributed by atoms with E-state index >= 15 is 0 Å². The van der Waals surface area contributed by atoms with E-state index < -0.39 is 5.97 Å². The van der Waals surface area contributed by atoms with Gasteiger partial charge in [-0.05, 0) is 18.2 Å². The van der Waals surface area contributed by atoms with Gasteiger partial charge in [0.15, 0.2) is 0 Å². The van der Waals surface area contributed by atoms with Crippen molar-refractivity contribution in [1.82, 2.24) is 5.32 Å². The van der Waals surface area contributed by atoms with Gasteiger partial charge in [-0.2, -0.15) is 0 Å². The summed E-state index contributed by atoms with van der Waals surface area (Å²) in [5, 5.41) is 12.2. The van der Waals surface area contributed by atoms with Crippen molar-refractivity contribution >= 4 is 17.3 Å². The van der Waals surface area contributed by atoms with Crippen molar-refractivity contribution < 1.29 is 19.4 Å². The largest absolute Gasteiger partial charge is 0.497 e. The Bertz CT molecular complexity index is 624. The Kier molecular flexibility index (Phi) is 5.19. The molecule has 1 aromatic carbocycles. The lowest BCUT2D eigenvalue weighted by atomic mass is 10.2. The predicted octanol–water partition coefficient (Wildman–Crippen LogP) is 2.75. The van der Waals surface area contributed by atoms with Crippen LogP contribution in [-0.2, 0) is 13.1 Å². The fourth-order valence-corrected chi connectivity index (χ4v) is 2.72. The molecule has 0 saturated carbocycles. The first-order valence-electron chi connectivity index (χ1n) is 6.37. The molecule has 21 heavy (non-hydrogen) atoms. The quantitative estimate of drug-likeness (QED) is 0.823. The van der Waals surface area contributed by atoms with Crippen LogP contribution >= 0.6 is 11.3 Å². The topological polar surface area (TPSA) is 67.8 Å². The van der Waals surface area contributed by atoms with Crippen LogP contribution in [-0.4, -0.2) is 25.3 Å². The first kappa shape index (κ1) is 15.3. The maximum Gasteiger partial charge on any atom is 0.345 e. The summed E-state index contributed by atoms with van der Waals surface area (Å²) in [6, 6.07) is 9.12. The number of nitrogens with one attached hydrogen (secondary N) is 1. The Morgan fingerprint density at radius 1 is 1.19 bits per heavy atom. The first-order valence-corrected chi connectivity index (χ1v) is 7.19. The number of rotatable bonds is 7. The van der Waals surface area contributed by atoms with Crippen molar-refractivity contribution in [1.29, 1.82) is 0 Å². The molecule has 1 heterocycles. The number of carbonyl (C=O) groups is 1. The van der Waals surface area contributed by atoms with Gasteiger partial charge in [-0.25, -0.2) is 4.79 Å². The average Bonchev–Trinajstić information content (AvgIpc) is 2.96. The molecule has 2 aromatic rings. The number of hydrogen-bond acceptors (Lipinski definition) is 5. The summed E-state index contributed by atoms with van der Waals surface area (Å²) < 4.78 is 10.5. The molecule has 2 N–H and O–H groups in total. The van der Waals surface area contributed by atoms with E-state index in [2.05, 4.69) is 5.32 Å². The molecule has 0 aliphatic heterocycles. The van der Waals surface area contributed by atoms with E-state index in [0.29, 0.717) is 18.0 Å². The molecule has 1 aromatic heterocycles.